The van der Waals surface area contributed by atoms with E-state index in [4.69, 9.17) is 11.6 Å². The molecule has 1 aliphatic heterocycles. The van der Waals surface area contributed by atoms with Crippen molar-refractivity contribution in [1.29, 1.82) is 0 Å². The van der Waals surface area contributed by atoms with Gasteiger partial charge in [-0.15, -0.1) is 0 Å². The lowest BCUT2D eigenvalue weighted by atomic mass is 9.81. The molecule has 1 aromatic heterocycles. The Hall–Kier alpha value is -3.35. The number of alkyl halides is 6. The largest absolute Gasteiger partial charge is 0.416 e. The number of anilines is 2. The normalized spacial score (nSPS) is 18.0. The van der Waals surface area contributed by atoms with E-state index in [1.807, 2.05) is 0 Å². The van der Waals surface area contributed by atoms with E-state index in [-0.39, 0.29) is 18.4 Å². The minimum Gasteiger partial charge on any atom is -0.394 e. The van der Waals surface area contributed by atoms with Crippen LogP contribution in [0.25, 0.3) is 11.1 Å². The summed E-state index contributed by atoms with van der Waals surface area (Å²) in [5.41, 5.74) is -4.29. The molecule has 4 rings (SSSR count). The zero-order valence-electron chi connectivity index (χ0n) is 22.8. The first kappa shape index (κ1) is 31.6. The molecule has 2 aromatic carbocycles. The molecule has 1 aliphatic rings. The zero-order valence-corrected chi connectivity index (χ0v) is 23.5. The van der Waals surface area contributed by atoms with Gasteiger partial charge >= 0.3 is 12.4 Å². The molecule has 42 heavy (non-hydrogen) atoms. The second-order valence-corrected chi connectivity index (χ2v) is 11.0. The van der Waals surface area contributed by atoms with Crippen molar-refractivity contribution in [2.75, 3.05) is 30.0 Å². The number of aromatic nitrogens is 1. The number of halogens is 7. The second kappa shape index (κ2) is 11.4. The SMILES string of the molecule is CN(C(=O)C(C)(C)c1cc(C(F)(F)F)cc(C(F)(F)F)c1)c1cnc(N2CC[C@H](O)[C@@H]2CO)cc1-c1ccccc1Cl. The number of amides is 1. The maximum Gasteiger partial charge on any atom is 0.416 e. The van der Waals surface area contributed by atoms with E-state index >= 15 is 0 Å². The number of pyridine rings is 1. The van der Waals surface area contributed by atoms with Gasteiger partial charge < -0.3 is 20.0 Å². The topological polar surface area (TPSA) is 76.9 Å². The molecule has 0 spiro atoms. The molecule has 6 nitrogen and oxygen atoms in total. The standard InChI is InChI=1S/C29H28ClF6N3O3/c1-27(2,16-10-17(28(31,32)33)12-18(11-16)29(34,35)36)26(42)38(3)22-14-37-25(39-9-8-24(41)23(39)15-40)13-20(22)19-6-4-5-7-21(19)30/h4-7,10-14,23-24,40-41H,8-9,15H2,1-3H3/t23-,24-/m0/s1. The van der Waals surface area contributed by atoms with Crippen LogP contribution < -0.4 is 9.80 Å². The molecule has 0 aliphatic carbocycles. The minimum atomic E-state index is -5.08. The van der Waals surface area contributed by atoms with E-state index in [1.54, 1.807) is 35.2 Å². The van der Waals surface area contributed by atoms with Gasteiger partial charge in [-0.2, -0.15) is 26.3 Å². The number of hydrogen-bond acceptors (Lipinski definition) is 5. The van der Waals surface area contributed by atoms with E-state index < -0.39 is 52.5 Å². The van der Waals surface area contributed by atoms with Gasteiger partial charge in [0.1, 0.15) is 5.82 Å². The van der Waals surface area contributed by atoms with Crippen molar-refractivity contribution in [3.05, 3.63) is 76.4 Å². The van der Waals surface area contributed by atoms with Crippen molar-refractivity contribution in [2.45, 2.75) is 50.2 Å². The van der Waals surface area contributed by atoms with Gasteiger partial charge in [0.15, 0.2) is 0 Å². The summed E-state index contributed by atoms with van der Waals surface area (Å²) in [6.07, 6.45) is -9.21. The van der Waals surface area contributed by atoms with Crippen LogP contribution in [0.1, 0.15) is 37.0 Å². The van der Waals surface area contributed by atoms with Crippen LogP contribution in [0, 0.1) is 0 Å². The molecule has 2 N–H and O–H groups in total. The van der Waals surface area contributed by atoms with Gasteiger partial charge in [0.05, 0.1) is 47.2 Å². The zero-order chi connectivity index (χ0) is 31.2. The number of aliphatic hydroxyl groups excluding tert-OH is 2. The number of nitrogens with zero attached hydrogens (tertiary/aromatic N) is 3. The van der Waals surface area contributed by atoms with Gasteiger partial charge in [-0.1, -0.05) is 29.8 Å². The molecule has 0 saturated carbocycles. The highest BCUT2D eigenvalue weighted by atomic mass is 35.5. The average Bonchev–Trinajstić information content (AvgIpc) is 3.31. The molecule has 226 valence electrons. The molecule has 2 atom stereocenters. The van der Waals surface area contributed by atoms with Crippen LogP contribution in [0.5, 0.6) is 0 Å². The quantitative estimate of drug-likeness (QED) is 0.318. The Morgan fingerprint density at radius 1 is 1.00 bits per heavy atom. The van der Waals surface area contributed by atoms with Crippen LogP contribution >= 0.6 is 11.6 Å². The van der Waals surface area contributed by atoms with E-state index in [1.165, 1.54) is 27.1 Å². The highest BCUT2D eigenvalue weighted by Gasteiger charge is 2.41. The Labute approximate surface area is 243 Å². The van der Waals surface area contributed by atoms with Gasteiger partial charge in [-0.3, -0.25) is 4.79 Å². The number of likely N-dealkylation sites (N-methyl/N-ethyl adjacent to an activating group) is 1. The van der Waals surface area contributed by atoms with Gasteiger partial charge in [-0.05, 0) is 56.2 Å². The van der Waals surface area contributed by atoms with Crippen LogP contribution in [-0.2, 0) is 22.6 Å². The Balaban J connectivity index is 1.82. The van der Waals surface area contributed by atoms with Gasteiger partial charge in [0.2, 0.25) is 5.91 Å². The third-order valence-corrected chi connectivity index (χ3v) is 7.86. The van der Waals surface area contributed by atoms with Crippen molar-refractivity contribution >= 4 is 29.0 Å². The molecular weight excluding hydrogens is 588 g/mol. The molecule has 1 fully saturated rings. The number of rotatable bonds is 6. The monoisotopic (exact) mass is 615 g/mol. The number of carbonyl (C=O) groups is 1. The lowest BCUT2D eigenvalue weighted by molar-refractivity contribution is -0.143. The van der Waals surface area contributed by atoms with Crippen LogP contribution in [-0.4, -0.2) is 53.4 Å². The van der Waals surface area contributed by atoms with Crippen molar-refractivity contribution in [2.24, 2.45) is 0 Å². The van der Waals surface area contributed by atoms with E-state index in [2.05, 4.69) is 4.98 Å². The lowest BCUT2D eigenvalue weighted by Gasteiger charge is -2.32. The number of benzene rings is 2. The van der Waals surface area contributed by atoms with Crippen molar-refractivity contribution in [3.63, 3.8) is 0 Å². The third kappa shape index (κ3) is 6.06. The fraction of sp³-hybridized carbons (Fsp3) is 0.379. The van der Waals surface area contributed by atoms with Gasteiger partial charge in [0, 0.05) is 29.7 Å². The molecule has 0 unspecified atom stereocenters. The summed E-state index contributed by atoms with van der Waals surface area (Å²) in [7, 11) is 1.34. The first-order valence-electron chi connectivity index (χ1n) is 12.9. The molecule has 3 aromatic rings. The smallest absolute Gasteiger partial charge is 0.394 e. The number of hydrogen-bond donors (Lipinski definition) is 2. The Kier molecular flexibility index (Phi) is 8.56. The third-order valence-electron chi connectivity index (χ3n) is 7.53. The fourth-order valence-electron chi connectivity index (χ4n) is 5.07. The molecule has 13 heteroatoms. The van der Waals surface area contributed by atoms with Crippen molar-refractivity contribution in [1.82, 2.24) is 4.98 Å². The van der Waals surface area contributed by atoms with E-state index in [9.17, 15) is 41.4 Å². The van der Waals surface area contributed by atoms with E-state index in [0.29, 0.717) is 47.1 Å². The predicted molar refractivity (Wildman–Crippen MR) is 146 cm³/mol. The first-order chi connectivity index (χ1) is 19.5. The summed E-state index contributed by atoms with van der Waals surface area (Å²) in [5, 5.41) is 20.4. The molecule has 2 heterocycles. The highest BCUT2D eigenvalue weighted by Crippen LogP contribution is 2.42. The van der Waals surface area contributed by atoms with Crippen LogP contribution in [0.4, 0.5) is 37.8 Å². The summed E-state index contributed by atoms with van der Waals surface area (Å²) < 4.78 is 81.3. The predicted octanol–water partition coefficient (Wildman–Crippen LogP) is 6.31. The van der Waals surface area contributed by atoms with E-state index in [0.717, 1.165) is 4.90 Å². The molecular formula is C29H28ClF6N3O3. The lowest BCUT2D eigenvalue weighted by Crippen LogP contribution is -2.42. The summed E-state index contributed by atoms with van der Waals surface area (Å²) in [6, 6.07) is 8.79. The molecule has 1 saturated heterocycles. The first-order valence-corrected chi connectivity index (χ1v) is 13.2. The highest BCUT2D eigenvalue weighted by molar-refractivity contribution is 6.33. The van der Waals surface area contributed by atoms with Crippen molar-refractivity contribution < 1.29 is 41.4 Å². The Bertz CT molecular complexity index is 1450. The van der Waals surface area contributed by atoms with Crippen molar-refractivity contribution in [3.8, 4) is 11.1 Å². The molecule has 1 amide bonds. The molecule has 0 radical (unpaired) electrons. The van der Waals surface area contributed by atoms with Gasteiger partial charge in [-0.25, -0.2) is 4.98 Å². The van der Waals surface area contributed by atoms with Gasteiger partial charge in [0.25, 0.3) is 0 Å². The summed E-state index contributed by atoms with van der Waals surface area (Å²) in [4.78, 5) is 21.1. The fourth-order valence-corrected chi connectivity index (χ4v) is 5.30. The molecule has 0 bridgehead atoms. The summed E-state index contributed by atoms with van der Waals surface area (Å²) in [5.74, 6) is -0.431. The Morgan fingerprint density at radius 3 is 2.12 bits per heavy atom. The van der Waals surface area contributed by atoms with Crippen LogP contribution in [0.15, 0.2) is 54.7 Å². The number of carbonyl (C=O) groups excluding carboxylic acids is 1. The Morgan fingerprint density at radius 2 is 1.57 bits per heavy atom. The maximum absolute atomic E-state index is 13.9. The minimum absolute atomic E-state index is 0.0147. The summed E-state index contributed by atoms with van der Waals surface area (Å²) in [6.45, 7) is 2.54. The summed E-state index contributed by atoms with van der Waals surface area (Å²) >= 11 is 6.48. The number of aliphatic hydroxyl groups is 2. The second-order valence-electron chi connectivity index (χ2n) is 10.6. The average molecular weight is 616 g/mol. The maximum atomic E-state index is 13.9. The van der Waals surface area contributed by atoms with Crippen LogP contribution in [0.3, 0.4) is 0 Å². The van der Waals surface area contributed by atoms with Crippen LogP contribution in [0.2, 0.25) is 5.02 Å².